The summed E-state index contributed by atoms with van der Waals surface area (Å²) in [7, 11) is -4.21. The molecule has 35 heavy (non-hydrogen) atoms. The van der Waals surface area contributed by atoms with E-state index in [9.17, 15) is 22.8 Å². The quantitative estimate of drug-likeness (QED) is 0.210. The number of nitrogens with zero attached hydrogens (tertiary/aromatic N) is 1. The Balaban J connectivity index is 1.99. The number of carbonyl (C=O) groups excluding carboxylic acids is 1. The molecule has 3 aromatic carbocycles. The van der Waals surface area contributed by atoms with Gasteiger partial charge in [0, 0.05) is 18.0 Å². The fourth-order valence-electron chi connectivity index (χ4n) is 3.46. The third-order valence-corrected chi connectivity index (χ3v) is 7.38. The number of halogens is 2. The van der Waals surface area contributed by atoms with Crippen LogP contribution in [0.25, 0.3) is 0 Å². The third kappa shape index (κ3) is 7.25. The molecule has 7 nitrogen and oxygen atoms in total. The Labute approximate surface area is 209 Å². The zero-order valence-electron chi connectivity index (χ0n) is 18.8. The maximum Gasteiger partial charge on any atom is 0.262 e. The van der Waals surface area contributed by atoms with E-state index in [0.29, 0.717) is 21.9 Å². The van der Waals surface area contributed by atoms with Crippen molar-refractivity contribution in [2.45, 2.75) is 30.3 Å². The Morgan fingerprint density at radius 2 is 1.66 bits per heavy atom. The van der Waals surface area contributed by atoms with E-state index in [1.165, 1.54) is 24.3 Å². The summed E-state index contributed by atoms with van der Waals surface area (Å²) in [6.45, 7) is -0.484. The Morgan fingerprint density at radius 1 is 1.00 bits per heavy atom. The van der Waals surface area contributed by atoms with Crippen LogP contribution in [-0.2, 0) is 27.8 Å². The molecule has 0 saturated carbocycles. The summed E-state index contributed by atoms with van der Waals surface area (Å²) in [5.74, 6) is -0.465. The number of hydrogen-bond donors (Lipinski definition) is 2. The minimum atomic E-state index is -4.21. The molecule has 0 heterocycles. The molecule has 0 aromatic heterocycles. The normalized spacial score (nSPS) is 12.3. The summed E-state index contributed by atoms with van der Waals surface area (Å²) in [6.07, 6.45) is 0.261. The number of carbonyl (C=O) groups is 1. The molecule has 2 N–H and O–H groups in total. The van der Waals surface area contributed by atoms with Crippen LogP contribution >= 0.6 is 11.6 Å². The Kier molecular flexibility index (Phi) is 9.62. The highest BCUT2D eigenvalue weighted by atomic mass is 35.5. The number of hydroxylamine groups is 1. The molecule has 0 aliphatic rings. The van der Waals surface area contributed by atoms with Crippen molar-refractivity contribution in [3.05, 3.63) is 95.0 Å². The molecule has 3 aromatic rings. The first-order chi connectivity index (χ1) is 16.8. The molecule has 0 saturated heterocycles. The smallest absolute Gasteiger partial charge is 0.262 e. The van der Waals surface area contributed by atoms with Gasteiger partial charge in [-0.1, -0.05) is 54.1 Å². The number of hydrogen-bond acceptors (Lipinski definition) is 5. The van der Waals surface area contributed by atoms with Gasteiger partial charge >= 0.3 is 0 Å². The van der Waals surface area contributed by atoms with Crippen molar-refractivity contribution >= 4 is 27.5 Å². The van der Waals surface area contributed by atoms with Crippen molar-refractivity contribution in [3.63, 3.8) is 0 Å². The molecule has 0 aliphatic carbocycles. The lowest BCUT2D eigenvalue weighted by Gasteiger charge is -2.30. The topological polar surface area (TPSA) is 95.9 Å². The van der Waals surface area contributed by atoms with Gasteiger partial charge in [0.05, 0.1) is 18.2 Å². The van der Waals surface area contributed by atoms with Gasteiger partial charge in [-0.2, -0.15) is 4.31 Å². The molecule has 0 spiro atoms. The molecule has 3 rings (SSSR count). The minimum absolute atomic E-state index is 0.0322. The second kappa shape index (κ2) is 12.6. The number of alkyl halides is 1. The average Bonchev–Trinajstić information content (AvgIpc) is 2.88. The lowest BCUT2D eigenvalue weighted by molar-refractivity contribution is -0.133. The summed E-state index contributed by atoms with van der Waals surface area (Å²) in [5, 5.41) is 9.91. The van der Waals surface area contributed by atoms with Crippen LogP contribution in [0.3, 0.4) is 0 Å². The third-order valence-electron chi connectivity index (χ3n) is 5.26. The number of rotatable bonds is 12. The Hall–Kier alpha value is -2.98. The molecule has 0 bridgehead atoms. The van der Waals surface area contributed by atoms with E-state index in [1.807, 2.05) is 6.07 Å². The number of sulfonamides is 1. The van der Waals surface area contributed by atoms with Gasteiger partial charge in [0.25, 0.3) is 5.91 Å². The zero-order chi connectivity index (χ0) is 25.3. The summed E-state index contributed by atoms with van der Waals surface area (Å²) in [5.41, 5.74) is 2.93. The molecular formula is C25H26ClFN2O5S. The van der Waals surface area contributed by atoms with Crippen molar-refractivity contribution in [3.8, 4) is 5.75 Å². The van der Waals surface area contributed by atoms with E-state index in [4.69, 9.17) is 16.3 Å². The van der Waals surface area contributed by atoms with Crippen LogP contribution in [0.1, 0.15) is 17.5 Å². The molecule has 0 unspecified atom stereocenters. The predicted octanol–water partition coefficient (Wildman–Crippen LogP) is 4.39. The largest absolute Gasteiger partial charge is 0.493 e. The molecule has 10 heteroatoms. The zero-order valence-corrected chi connectivity index (χ0v) is 20.4. The first kappa shape index (κ1) is 26.6. The molecule has 0 aliphatic heterocycles. The van der Waals surface area contributed by atoms with Crippen molar-refractivity contribution in [2.75, 3.05) is 13.3 Å². The lowest BCUT2D eigenvalue weighted by Crippen LogP contribution is -2.49. The van der Waals surface area contributed by atoms with Gasteiger partial charge in [0.1, 0.15) is 11.8 Å². The average molecular weight is 521 g/mol. The second-order valence-corrected chi connectivity index (χ2v) is 10.0. The highest BCUT2D eigenvalue weighted by Crippen LogP contribution is 2.26. The highest BCUT2D eigenvalue weighted by molar-refractivity contribution is 7.89. The van der Waals surface area contributed by atoms with Gasteiger partial charge in [-0.3, -0.25) is 14.4 Å². The fraction of sp³-hybridized carbons (Fsp3) is 0.240. The number of nitrogens with one attached hydrogen (secondary N) is 1. The van der Waals surface area contributed by atoms with E-state index >= 15 is 0 Å². The molecule has 1 amide bonds. The molecular weight excluding hydrogens is 495 g/mol. The van der Waals surface area contributed by atoms with E-state index in [2.05, 4.69) is 0 Å². The molecule has 1 atom stereocenters. The van der Waals surface area contributed by atoms with Crippen molar-refractivity contribution in [1.82, 2.24) is 9.79 Å². The summed E-state index contributed by atoms with van der Waals surface area (Å²) in [4.78, 5) is 12.7. The van der Waals surface area contributed by atoms with Gasteiger partial charge in [0.2, 0.25) is 10.0 Å². The van der Waals surface area contributed by atoms with Crippen LogP contribution in [0.15, 0.2) is 83.8 Å². The van der Waals surface area contributed by atoms with Crippen molar-refractivity contribution in [1.29, 1.82) is 0 Å². The number of ether oxygens (including phenoxy) is 1. The van der Waals surface area contributed by atoms with E-state index in [0.717, 1.165) is 4.31 Å². The second-order valence-electron chi connectivity index (χ2n) is 7.72. The van der Waals surface area contributed by atoms with Gasteiger partial charge in [-0.05, 0) is 53.9 Å². The van der Waals surface area contributed by atoms with E-state index in [-0.39, 0.29) is 30.9 Å². The van der Waals surface area contributed by atoms with Crippen LogP contribution in [0.4, 0.5) is 4.39 Å². The summed E-state index contributed by atoms with van der Waals surface area (Å²) >= 11 is 5.98. The van der Waals surface area contributed by atoms with Gasteiger partial charge in [-0.25, -0.2) is 13.9 Å². The molecule has 186 valence electrons. The van der Waals surface area contributed by atoms with Crippen LogP contribution in [0.5, 0.6) is 5.75 Å². The lowest BCUT2D eigenvalue weighted by atomic mass is 10.0. The first-order valence-electron chi connectivity index (χ1n) is 10.9. The Bertz CT molecular complexity index is 1190. The predicted molar refractivity (Wildman–Crippen MR) is 131 cm³/mol. The molecule has 0 radical (unpaired) electrons. The number of benzene rings is 3. The van der Waals surface area contributed by atoms with Crippen LogP contribution < -0.4 is 10.2 Å². The maximum absolute atomic E-state index is 13.8. The highest BCUT2D eigenvalue weighted by Gasteiger charge is 2.36. The fourth-order valence-corrected chi connectivity index (χ4v) is 5.16. The van der Waals surface area contributed by atoms with Gasteiger partial charge < -0.3 is 4.74 Å². The SMILES string of the molecule is O=C(NO)[C@@H](Cc1ccccc1)N(Cc1ccc(Cl)cc1)S(=O)(=O)c1ccc(OCCCF)cc1. The summed E-state index contributed by atoms with van der Waals surface area (Å²) in [6, 6.07) is 20.0. The van der Waals surface area contributed by atoms with Crippen LogP contribution in [0, 0.1) is 0 Å². The van der Waals surface area contributed by atoms with Crippen molar-refractivity contribution < 1.29 is 27.5 Å². The van der Waals surface area contributed by atoms with Crippen LogP contribution in [0.2, 0.25) is 5.02 Å². The Morgan fingerprint density at radius 3 is 2.26 bits per heavy atom. The standard InChI is InChI=1S/C25H26ClFN2O5S/c26-21-9-7-20(8-10-21)18-29(24(25(30)28-31)17-19-5-2-1-3-6-19)35(32,33)23-13-11-22(12-14-23)34-16-4-15-27/h1-3,5-14,24,31H,4,15-18H2,(H,28,30)/t24-/m1/s1. The summed E-state index contributed by atoms with van der Waals surface area (Å²) < 4.78 is 46.3. The van der Waals surface area contributed by atoms with Gasteiger partial charge in [-0.15, -0.1) is 0 Å². The maximum atomic E-state index is 13.8. The van der Waals surface area contributed by atoms with Crippen LogP contribution in [-0.4, -0.2) is 43.2 Å². The monoisotopic (exact) mass is 520 g/mol. The van der Waals surface area contributed by atoms with E-state index in [1.54, 1.807) is 54.0 Å². The number of amides is 1. The minimum Gasteiger partial charge on any atom is -0.493 e. The van der Waals surface area contributed by atoms with Crippen molar-refractivity contribution in [2.24, 2.45) is 0 Å². The molecule has 0 fully saturated rings. The van der Waals surface area contributed by atoms with E-state index < -0.39 is 28.6 Å². The first-order valence-corrected chi connectivity index (χ1v) is 12.7. The van der Waals surface area contributed by atoms with Gasteiger partial charge in [0.15, 0.2) is 0 Å².